The number of benzene rings is 1. The van der Waals surface area contributed by atoms with E-state index in [0.29, 0.717) is 9.79 Å². The molecule has 0 bridgehead atoms. The van der Waals surface area contributed by atoms with Gasteiger partial charge in [-0.05, 0) is 44.3 Å². The summed E-state index contributed by atoms with van der Waals surface area (Å²) in [6.45, 7) is 3.99. The Hall–Kier alpha value is -1.26. The number of aromatic amines is 1. The second-order valence-electron chi connectivity index (χ2n) is 3.60. The molecule has 84 valence electrons. The summed E-state index contributed by atoms with van der Waals surface area (Å²) < 4.78 is 2.48. The van der Waals surface area contributed by atoms with Gasteiger partial charge < -0.3 is 4.98 Å². The van der Waals surface area contributed by atoms with Gasteiger partial charge in [0.15, 0.2) is 4.77 Å². The third-order valence-corrected chi connectivity index (χ3v) is 2.96. The summed E-state index contributed by atoms with van der Waals surface area (Å²) in [5, 5.41) is 0.696. The van der Waals surface area contributed by atoms with Gasteiger partial charge in [0, 0.05) is 10.7 Å². The number of halogens is 1. The molecule has 0 unspecified atom stereocenters. The second-order valence-corrected chi connectivity index (χ2v) is 4.42. The third kappa shape index (κ3) is 2.13. The molecule has 0 aliphatic heterocycles. The number of hydrogen-bond donors (Lipinski definition) is 2. The van der Waals surface area contributed by atoms with Gasteiger partial charge in [0.2, 0.25) is 0 Å². The quantitative estimate of drug-likeness (QED) is 0.801. The average molecular weight is 254 g/mol. The van der Waals surface area contributed by atoms with E-state index in [9.17, 15) is 0 Å². The molecule has 0 atom stereocenters. The van der Waals surface area contributed by atoms with Crippen molar-refractivity contribution >= 4 is 29.5 Å². The molecule has 0 aliphatic carbocycles. The van der Waals surface area contributed by atoms with Crippen LogP contribution in [0.3, 0.4) is 0 Å². The zero-order valence-corrected chi connectivity index (χ0v) is 10.6. The van der Waals surface area contributed by atoms with E-state index in [2.05, 4.69) is 10.4 Å². The number of H-pyrrole nitrogens is 1. The summed E-state index contributed by atoms with van der Waals surface area (Å²) in [6.07, 6.45) is 0. The molecule has 1 aromatic carbocycles. The van der Waals surface area contributed by atoms with Crippen LogP contribution in [0.15, 0.2) is 24.3 Å². The van der Waals surface area contributed by atoms with Gasteiger partial charge in [-0.3, -0.25) is 5.43 Å². The highest BCUT2D eigenvalue weighted by molar-refractivity contribution is 7.71. The van der Waals surface area contributed by atoms with Crippen molar-refractivity contribution in [3.05, 3.63) is 45.4 Å². The minimum atomic E-state index is 0.648. The van der Waals surface area contributed by atoms with Crippen LogP contribution in [0.1, 0.15) is 11.4 Å². The minimum absolute atomic E-state index is 0.648. The number of aromatic nitrogens is 2. The van der Waals surface area contributed by atoms with E-state index in [1.807, 2.05) is 42.8 Å². The Labute approximate surface area is 104 Å². The monoisotopic (exact) mass is 253 g/mol. The van der Waals surface area contributed by atoms with Gasteiger partial charge >= 0.3 is 0 Å². The van der Waals surface area contributed by atoms with Gasteiger partial charge in [-0.25, -0.2) is 4.68 Å². The molecule has 0 spiro atoms. The lowest BCUT2D eigenvalue weighted by molar-refractivity contribution is 0.894. The number of imidazole rings is 1. The first-order chi connectivity index (χ1) is 7.58. The number of nitrogens with zero attached hydrogens (tertiary/aromatic N) is 1. The van der Waals surface area contributed by atoms with Gasteiger partial charge in [-0.15, -0.1) is 0 Å². The fourth-order valence-corrected chi connectivity index (χ4v) is 1.97. The van der Waals surface area contributed by atoms with Gasteiger partial charge in [0.1, 0.15) is 0 Å². The molecular formula is C11H12ClN3S. The normalized spacial score (nSPS) is 10.4. The Kier molecular flexibility index (Phi) is 3.03. The van der Waals surface area contributed by atoms with Gasteiger partial charge in [0.05, 0.1) is 11.4 Å². The predicted octanol–water partition coefficient (Wildman–Crippen LogP) is 3.69. The maximum absolute atomic E-state index is 5.91. The molecule has 0 fully saturated rings. The van der Waals surface area contributed by atoms with Crippen molar-refractivity contribution in [2.75, 3.05) is 5.43 Å². The Morgan fingerprint density at radius 3 is 2.69 bits per heavy atom. The molecule has 0 radical (unpaired) electrons. The second kappa shape index (κ2) is 4.31. The van der Waals surface area contributed by atoms with Crippen molar-refractivity contribution in [2.45, 2.75) is 13.8 Å². The molecule has 1 heterocycles. The molecule has 2 aromatic rings. The molecule has 0 aliphatic rings. The molecule has 0 saturated heterocycles. The first-order valence-electron chi connectivity index (χ1n) is 4.89. The topological polar surface area (TPSA) is 32.8 Å². The van der Waals surface area contributed by atoms with Crippen LogP contribution in [0.4, 0.5) is 5.69 Å². The molecule has 0 amide bonds. The van der Waals surface area contributed by atoms with Crippen LogP contribution in [0.25, 0.3) is 0 Å². The molecule has 3 nitrogen and oxygen atoms in total. The van der Waals surface area contributed by atoms with E-state index < -0.39 is 0 Å². The molecular weight excluding hydrogens is 242 g/mol. The van der Waals surface area contributed by atoms with Crippen LogP contribution in [-0.2, 0) is 0 Å². The number of hydrogen-bond acceptors (Lipinski definition) is 2. The van der Waals surface area contributed by atoms with Crippen LogP contribution in [0.5, 0.6) is 0 Å². The summed E-state index contributed by atoms with van der Waals surface area (Å²) in [5.41, 5.74) is 6.22. The van der Waals surface area contributed by atoms with E-state index in [4.69, 9.17) is 23.8 Å². The van der Waals surface area contributed by atoms with Crippen molar-refractivity contribution in [1.29, 1.82) is 0 Å². The smallest absolute Gasteiger partial charge is 0.196 e. The van der Waals surface area contributed by atoms with Crippen LogP contribution in [0.2, 0.25) is 5.02 Å². The highest BCUT2D eigenvalue weighted by Gasteiger charge is 2.03. The summed E-state index contributed by atoms with van der Waals surface area (Å²) in [6, 6.07) is 7.52. The number of nitrogens with one attached hydrogen (secondary N) is 2. The van der Waals surface area contributed by atoms with Crippen molar-refractivity contribution in [1.82, 2.24) is 9.66 Å². The van der Waals surface area contributed by atoms with Crippen LogP contribution in [0, 0.1) is 18.6 Å². The SMILES string of the molecule is Cc1[nH]c(=S)n(Nc2cccc(Cl)c2)c1C. The molecule has 1 aromatic heterocycles. The van der Waals surface area contributed by atoms with Crippen molar-refractivity contribution < 1.29 is 0 Å². The largest absolute Gasteiger partial charge is 0.333 e. The van der Waals surface area contributed by atoms with Crippen molar-refractivity contribution in [3.63, 3.8) is 0 Å². The third-order valence-electron chi connectivity index (χ3n) is 2.44. The number of aryl methyl sites for hydroxylation is 1. The van der Waals surface area contributed by atoms with E-state index in [0.717, 1.165) is 17.1 Å². The lowest BCUT2D eigenvalue weighted by atomic mass is 10.3. The molecule has 16 heavy (non-hydrogen) atoms. The average Bonchev–Trinajstić information content (AvgIpc) is 2.45. The zero-order valence-electron chi connectivity index (χ0n) is 9.04. The summed E-state index contributed by atoms with van der Waals surface area (Å²) in [5.74, 6) is 0. The van der Waals surface area contributed by atoms with Gasteiger partial charge in [0.25, 0.3) is 0 Å². The molecule has 5 heteroatoms. The van der Waals surface area contributed by atoms with Crippen LogP contribution in [-0.4, -0.2) is 9.66 Å². The summed E-state index contributed by atoms with van der Waals surface area (Å²) in [4.78, 5) is 3.09. The molecule has 2 rings (SSSR count). The summed E-state index contributed by atoms with van der Waals surface area (Å²) in [7, 11) is 0. The highest BCUT2D eigenvalue weighted by atomic mass is 35.5. The Morgan fingerprint density at radius 2 is 2.12 bits per heavy atom. The van der Waals surface area contributed by atoms with Crippen molar-refractivity contribution in [3.8, 4) is 0 Å². The Morgan fingerprint density at radius 1 is 1.38 bits per heavy atom. The van der Waals surface area contributed by atoms with E-state index in [-0.39, 0.29) is 0 Å². The first kappa shape index (κ1) is 11.2. The van der Waals surface area contributed by atoms with Crippen LogP contribution < -0.4 is 5.43 Å². The van der Waals surface area contributed by atoms with Crippen LogP contribution >= 0.6 is 23.8 Å². The summed E-state index contributed by atoms with van der Waals surface area (Å²) >= 11 is 11.1. The Balaban J connectivity index is 2.38. The molecule has 2 N–H and O–H groups in total. The predicted molar refractivity (Wildman–Crippen MR) is 69.6 cm³/mol. The number of anilines is 1. The minimum Gasteiger partial charge on any atom is -0.333 e. The lowest BCUT2D eigenvalue weighted by Crippen LogP contribution is -2.10. The standard InChI is InChI=1S/C11H12ClN3S/c1-7-8(2)15(11(16)13-7)14-10-5-3-4-9(12)6-10/h3-6,14H,1-2H3,(H,13,16). The van der Waals surface area contributed by atoms with E-state index in [1.165, 1.54) is 0 Å². The number of rotatable bonds is 2. The fraction of sp³-hybridized carbons (Fsp3) is 0.182. The van der Waals surface area contributed by atoms with Gasteiger partial charge in [-0.2, -0.15) is 0 Å². The van der Waals surface area contributed by atoms with Crippen molar-refractivity contribution in [2.24, 2.45) is 0 Å². The Bertz CT molecular complexity index is 571. The fourth-order valence-electron chi connectivity index (χ4n) is 1.45. The highest BCUT2D eigenvalue weighted by Crippen LogP contribution is 2.16. The maximum Gasteiger partial charge on any atom is 0.196 e. The zero-order chi connectivity index (χ0) is 11.7. The maximum atomic E-state index is 5.91. The molecule has 0 saturated carbocycles. The first-order valence-corrected chi connectivity index (χ1v) is 5.67. The lowest BCUT2D eigenvalue weighted by Gasteiger charge is -2.09. The van der Waals surface area contributed by atoms with E-state index in [1.54, 1.807) is 0 Å². The van der Waals surface area contributed by atoms with Gasteiger partial charge in [-0.1, -0.05) is 17.7 Å². The van der Waals surface area contributed by atoms with E-state index >= 15 is 0 Å².